The average Bonchev–Trinajstić information content (AvgIpc) is 3.07. The lowest BCUT2D eigenvalue weighted by Gasteiger charge is -2.36. The third-order valence-electron chi connectivity index (χ3n) is 4.04. The van der Waals surface area contributed by atoms with Crippen LogP contribution < -0.4 is 0 Å². The molecule has 0 aromatic carbocycles. The Morgan fingerprint density at radius 2 is 2.35 bits per heavy atom. The fraction of sp³-hybridized carbons (Fsp3) is 0.692. The van der Waals surface area contributed by atoms with Crippen molar-refractivity contribution < 1.29 is 17.9 Å². The van der Waals surface area contributed by atoms with Gasteiger partial charge in [-0.05, 0) is 30.2 Å². The molecule has 1 saturated carbocycles. The third kappa shape index (κ3) is 2.53. The van der Waals surface area contributed by atoms with Gasteiger partial charge >= 0.3 is 0 Å². The van der Waals surface area contributed by atoms with Gasteiger partial charge < -0.3 is 9.47 Å². The van der Waals surface area contributed by atoms with Crippen LogP contribution in [0, 0.1) is 5.92 Å². The molecule has 2 fully saturated rings. The molecule has 0 amide bonds. The summed E-state index contributed by atoms with van der Waals surface area (Å²) in [7, 11) is -1.70. The summed E-state index contributed by atoms with van der Waals surface area (Å²) in [5, 5.41) is 1.80. The quantitative estimate of drug-likeness (QED) is 0.846. The van der Waals surface area contributed by atoms with E-state index in [0.717, 1.165) is 12.8 Å². The topological polar surface area (TPSA) is 55.8 Å². The van der Waals surface area contributed by atoms with Crippen molar-refractivity contribution in [3.8, 4) is 0 Å². The first-order chi connectivity index (χ1) is 9.63. The molecule has 3 rings (SSSR count). The Bertz CT molecular complexity index is 543. The van der Waals surface area contributed by atoms with E-state index < -0.39 is 10.0 Å². The number of methoxy groups -OCH3 is 1. The highest BCUT2D eigenvalue weighted by molar-refractivity contribution is 7.91. The minimum atomic E-state index is -3.38. The molecule has 0 bridgehead atoms. The lowest BCUT2D eigenvalue weighted by molar-refractivity contribution is -0.0249. The molecule has 1 aliphatic carbocycles. The zero-order chi connectivity index (χ0) is 14.2. The van der Waals surface area contributed by atoms with Crippen molar-refractivity contribution in [2.75, 3.05) is 26.9 Å². The summed E-state index contributed by atoms with van der Waals surface area (Å²) in [6, 6.07) is 3.40. The SMILES string of the molecule is COCC1CC2OCCN(S(=O)(=O)c3cccs3)C2C1. The first-order valence-electron chi connectivity index (χ1n) is 6.79. The van der Waals surface area contributed by atoms with Crippen LogP contribution in [0.4, 0.5) is 0 Å². The van der Waals surface area contributed by atoms with Gasteiger partial charge in [-0.2, -0.15) is 4.31 Å². The number of ether oxygens (including phenoxy) is 2. The monoisotopic (exact) mass is 317 g/mol. The van der Waals surface area contributed by atoms with Crippen molar-refractivity contribution >= 4 is 21.4 Å². The summed E-state index contributed by atoms with van der Waals surface area (Å²) < 4.78 is 38.4. The maximum absolute atomic E-state index is 12.7. The van der Waals surface area contributed by atoms with Crippen LogP contribution in [0.3, 0.4) is 0 Å². The molecule has 2 aliphatic rings. The summed E-state index contributed by atoms with van der Waals surface area (Å²) in [5.41, 5.74) is 0. The average molecular weight is 317 g/mol. The lowest BCUT2D eigenvalue weighted by Crippen LogP contribution is -2.50. The second-order valence-electron chi connectivity index (χ2n) is 5.32. The molecule has 0 spiro atoms. The van der Waals surface area contributed by atoms with Gasteiger partial charge in [-0.3, -0.25) is 0 Å². The molecule has 112 valence electrons. The van der Waals surface area contributed by atoms with Gasteiger partial charge in [0.05, 0.1) is 18.8 Å². The normalized spacial score (nSPS) is 31.4. The van der Waals surface area contributed by atoms with Gasteiger partial charge in [0.1, 0.15) is 4.21 Å². The van der Waals surface area contributed by atoms with Gasteiger partial charge in [0.25, 0.3) is 10.0 Å². The number of hydrogen-bond donors (Lipinski definition) is 0. The number of morpholine rings is 1. The Labute approximate surface area is 123 Å². The molecule has 1 aliphatic heterocycles. The van der Waals surface area contributed by atoms with E-state index in [1.165, 1.54) is 11.3 Å². The maximum atomic E-state index is 12.7. The molecule has 1 saturated heterocycles. The molecule has 0 N–H and O–H groups in total. The summed E-state index contributed by atoms with van der Waals surface area (Å²) in [5.74, 6) is 0.383. The first kappa shape index (κ1) is 14.5. The molecule has 5 nitrogen and oxygen atoms in total. The summed E-state index contributed by atoms with van der Waals surface area (Å²) in [6.07, 6.45) is 1.72. The Balaban J connectivity index is 1.83. The van der Waals surface area contributed by atoms with Crippen molar-refractivity contribution in [3.05, 3.63) is 17.5 Å². The molecule has 20 heavy (non-hydrogen) atoms. The van der Waals surface area contributed by atoms with Crippen molar-refractivity contribution in [1.29, 1.82) is 0 Å². The van der Waals surface area contributed by atoms with E-state index in [4.69, 9.17) is 9.47 Å². The fourth-order valence-corrected chi connectivity index (χ4v) is 5.98. The van der Waals surface area contributed by atoms with E-state index in [0.29, 0.717) is 29.9 Å². The highest BCUT2D eigenvalue weighted by atomic mass is 32.2. The minimum absolute atomic E-state index is 0.0126. The van der Waals surface area contributed by atoms with Crippen LogP contribution in [0.5, 0.6) is 0 Å². The number of thiophene rings is 1. The zero-order valence-electron chi connectivity index (χ0n) is 11.4. The standard InChI is InChI=1S/C13H19NO4S2/c1-17-9-10-7-11-12(8-10)18-5-4-14(11)20(15,16)13-3-2-6-19-13/h2-3,6,10-12H,4-5,7-9H2,1H3. The second-order valence-corrected chi connectivity index (χ2v) is 8.38. The highest BCUT2D eigenvalue weighted by Gasteiger charge is 2.45. The number of rotatable bonds is 4. The van der Waals surface area contributed by atoms with Crippen LogP contribution in [0.2, 0.25) is 0 Å². The van der Waals surface area contributed by atoms with E-state index in [-0.39, 0.29) is 12.1 Å². The molecule has 7 heteroatoms. The first-order valence-corrected chi connectivity index (χ1v) is 9.11. The number of hydrogen-bond acceptors (Lipinski definition) is 5. The van der Waals surface area contributed by atoms with E-state index in [1.54, 1.807) is 28.9 Å². The van der Waals surface area contributed by atoms with Crippen molar-refractivity contribution in [3.63, 3.8) is 0 Å². The van der Waals surface area contributed by atoms with Crippen LogP contribution in [0.15, 0.2) is 21.7 Å². The van der Waals surface area contributed by atoms with E-state index >= 15 is 0 Å². The summed E-state index contributed by atoms with van der Waals surface area (Å²) in [6.45, 7) is 1.59. The number of sulfonamides is 1. The van der Waals surface area contributed by atoms with Crippen molar-refractivity contribution in [2.24, 2.45) is 5.92 Å². The van der Waals surface area contributed by atoms with E-state index in [2.05, 4.69) is 0 Å². The van der Waals surface area contributed by atoms with Crippen LogP contribution >= 0.6 is 11.3 Å². The van der Waals surface area contributed by atoms with Crippen molar-refractivity contribution in [1.82, 2.24) is 4.31 Å². The Morgan fingerprint density at radius 3 is 3.05 bits per heavy atom. The van der Waals surface area contributed by atoms with E-state index in [1.807, 2.05) is 0 Å². The molecular formula is C13H19NO4S2. The predicted octanol–water partition coefficient (Wildman–Crippen LogP) is 1.56. The molecule has 2 heterocycles. The third-order valence-corrected chi connectivity index (χ3v) is 7.34. The zero-order valence-corrected chi connectivity index (χ0v) is 13.0. The van der Waals surface area contributed by atoms with E-state index in [9.17, 15) is 8.42 Å². The predicted molar refractivity (Wildman–Crippen MR) is 76.3 cm³/mol. The second kappa shape index (κ2) is 5.73. The minimum Gasteiger partial charge on any atom is -0.384 e. The molecule has 1 aromatic rings. The van der Waals surface area contributed by atoms with Gasteiger partial charge in [-0.25, -0.2) is 8.42 Å². The molecule has 1 aromatic heterocycles. The van der Waals surface area contributed by atoms with Crippen LogP contribution in [0.25, 0.3) is 0 Å². The molecule has 3 unspecified atom stereocenters. The highest BCUT2D eigenvalue weighted by Crippen LogP contribution is 2.37. The van der Waals surface area contributed by atoms with Gasteiger partial charge in [0, 0.05) is 20.3 Å². The molecular weight excluding hydrogens is 298 g/mol. The van der Waals surface area contributed by atoms with Crippen LogP contribution in [-0.4, -0.2) is 51.7 Å². The van der Waals surface area contributed by atoms with Crippen LogP contribution in [0.1, 0.15) is 12.8 Å². The largest absolute Gasteiger partial charge is 0.384 e. The van der Waals surface area contributed by atoms with Gasteiger partial charge in [0.15, 0.2) is 0 Å². The maximum Gasteiger partial charge on any atom is 0.252 e. The molecule has 3 atom stereocenters. The van der Waals surface area contributed by atoms with Gasteiger partial charge in [-0.1, -0.05) is 6.07 Å². The van der Waals surface area contributed by atoms with Crippen LogP contribution in [-0.2, 0) is 19.5 Å². The van der Waals surface area contributed by atoms with Gasteiger partial charge in [0.2, 0.25) is 0 Å². The Kier molecular flexibility index (Phi) is 4.14. The molecule has 0 radical (unpaired) electrons. The Hall–Kier alpha value is -0.470. The Morgan fingerprint density at radius 1 is 1.50 bits per heavy atom. The smallest absolute Gasteiger partial charge is 0.252 e. The number of nitrogens with zero attached hydrogens (tertiary/aromatic N) is 1. The fourth-order valence-electron chi connectivity index (χ4n) is 3.21. The lowest BCUT2D eigenvalue weighted by atomic mass is 10.1. The van der Waals surface area contributed by atoms with Crippen molar-refractivity contribution in [2.45, 2.75) is 29.2 Å². The summed E-state index contributed by atoms with van der Waals surface area (Å²) >= 11 is 1.27. The number of fused-ring (bicyclic) bond motifs is 1. The summed E-state index contributed by atoms with van der Waals surface area (Å²) in [4.78, 5) is 0. The van der Waals surface area contributed by atoms with Gasteiger partial charge in [-0.15, -0.1) is 11.3 Å².